The van der Waals surface area contributed by atoms with E-state index in [-0.39, 0.29) is 11.5 Å². The first kappa shape index (κ1) is 18.5. The van der Waals surface area contributed by atoms with E-state index in [1.165, 1.54) is 0 Å². The molecule has 0 spiro atoms. The number of aryl methyl sites for hydroxylation is 3. The van der Waals surface area contributed by atoms with Crippen LogP contribution in [0.25, 0.3) is 11.1 Å². The lowest BCUT2D eigenvalue weighted by Crippen LogP contribution is -2.19. The van der Waals surface area contributed by atoms with Gasteiger partial charge in [0.1, 0.15) is 11.6 Å². The maximum Gasteiger partial charge on any atom is 0.305 e. The highest BCUT2D eigenvalue weighted by atomic mass is 19.1. The van der Waals surface area contributed by atoms with Gasteiger partial charge in [-0.25, -0.2) is 8.78 Å². The van der Waals surface area contributed by atoms with Gasteiger partial charge < -0.3 is 10.8 Å². The molecule has 138 valence electrons. The quantitative estimate of drug-likeness (QED) is 0.797. The van der Waals surface area contributed by atoms with Gasteiger partial charge in [-0.1, -0.05) is 17.7 Å². The molecule has 5 heteroatoms. The zero-order chi connectivity index (χ0) is 19.2. The van der Waals surface area contributed by atoms with E-state index in [9.17, 15) is 9.18 Å². The molecule has 1 aliphatic rings. The summed E-state index contributed by atoms with van der Waals surface area (Å²) >= 11 is 0. The third kappa shape index (κ3) is 3.36. The number of hydrogen-bond acceptors (Lipinski definition) is 2. The zero-order valence-electron chi connectivity index (χ0n) is 15.2. The molecular formula is C21H23F2NO2. The van der Waals surface area contributed by atoms with E-state index in [0.29, 0.717) is 11.1 Å². The number of benzene rings is 2. The first-order chi connectivity index (χ1) is 12.2. The molecule has 0 aromatic heterocycles. The van der Waals surface area contributed by atoms with Crippen molar-refractivity contribution in [1.29, 1.82) is 0 Å². The Labute approximate surface area is 151 Å². The summed E-state index contributed by atoms with van der Waals surface area (Å²) in [6.45, 7) is 5.76. The molecule has 0 saturated heterocycles. The Balaban J connectivity index is 2.26. The van der Waals surface area contributed by atoms with Crippen molar-refractivity contribution >= 4 is 5.97 Å². The Kier molecular flexibility index (Phi) is 4.84. The summed E-state index contributed by atoms with van der Waals surface area (Å²) in [4.78, 5) is 11.0. The number of rotatable bonds is 5. The van der Waals surface area contributed by atoms with Crippen LogP contribution in [-0.4, -0.2) is 11.1 Å². The summed E-state index contributed by atoms with van der Waals surface area (Å²) in [5.41, 5.74) is 9.88. The Morgan fingerprint density at radius 2 is 1.73 bits per heavy atom. The summed E-state index contributed by atoms with van der Waals surface area (Å²) < 4.78 is 30.3. The van der Waals surface area contributed by atoms with Crippen molar-refractivity contribution in [2.45, 2.75) is 52.0 Å². The number of halogens is 2. The topological polar surface area (TPSA) is 63.3 Å². The Bertz CT molecular complexity index is 865. The van der Waals surface area contributed by atoms with E-state index in [1.807, 2.05) is 32.9 Å². The van der Waals surface area contributed by atoms with Crippen LogP contribution in [-0.2, 0) is 4.79 Å². The monoisotopic (exact) mass is 359 g/mol. The van der Waals surface area contributed by atoms with Crippen molar-refractivity contribution in [3.8, 4) is 11.1 Å². The van der Waals surface area contributed by atoms with Crippen molar-refractivity contribution in [2.75, 3.05) is 0 Å². The van der Waals surface area contributed by atoms with Crippen LogP contribution in [0.3, 0.4) is 0 Å². The molecule has 2 aromatic carbocycles. The second-order valence-corrected chi connectivity index (χ2v) is 7.31. The second kappa shape index (κ2) is 6.80. The van der Waals surface area contributed by atoms with Crippen molar-refractivity contribution in [2.24, 2.45) is 5.73 Å². The number of carboxylic acid groups (broad SMARTS) is 1. The molecular weight excluding hydrogens is 336 g/mol. The van der Waals surface area contributed by atoms with Crippen molar-refractivity contribution in [3.63, 3.8) is 0 Å². The summed E-state index contributed by atoms with van der Waals surface area (Å²) in [6, 6.07) is 4.28. The second-order valence-electron chi connectivity index (χ2n) is 7.31. The number of hydrogen-bond donors (Lipinski definition) is 2. The van der Waals surface area contributed by atoms with Crippen LogP contribution in [0.4, 0.5) is 8.78 Å². The van der Waals surface area contributed by atoms with Crippen LogP contribution in [0.15, 0.2) is 18.2 Å². The summed E-state index contributed by atoms with van der Waals surface area (Å²) in [5, 5.41) is 9.00. The predicted octanol–water partition coefficient (Wildman–Crippen LogP) is 4.91. The predicted molar refractivity (Wildman–Crippen MR) is 97.2 cm³/mol. The van der Waals surface area contributed by atoms with E-state index in [2.05, 4.69) is 0 Å². The van der Waals surface area contributed by atoms with Crippen LogP contribution < -0.4 is 5.73 Å². The maximum atomic E-state index is 15.3. The largest absolute Gasteiger partial charge is 0.481 e. The lowest BCUT2D eigenvalue weighted by molar-refractivity contribution is -0.137. The van der Waals surface area contributed by atoms with Crippen molar-refractivity contribution < 1.29 is 18.7 Å². The Morgan fingerprint density at radius 1 is 1.15 bits per heavy atom. The highest BCUT2D eigenvalue weighted by Crippen LogP contribution is 2.46. The molecule has 0 radical (unpaired) electrons. The fourth-order valence-corrected chi connectivity index (χ4v) is 3.77. The van der Waals surface area contributed by atoms with Crippen LogP contribution in [0.2, 0.25) is 0 Å². The van der Waals surface area contributed by atoms with E-state index in [1.54, 1.807) is 6.07 Å². The van der Waals surface area contributed by atoms with Gasteiger partial charge >= 0.3 is 5.97 Å². The average molecular weight is 359 g/mol. The lowest BCUT2D eigenvalue weighted by atomic mass is 9.88. The maximum absolute atomic E-state index is 15.3. The first-order valence-electron chi connectivity index (χ1n) is 8.78. The number of nitrogens with two attached hydrogens (primary N) is 1. The smallest absolute Gasteiger partial charge is 0.305 e. The molecule has 1 atom stereocenters. The van der Waals surface area contributed by atoms with E-state index in [4.69, 9.17) is 10.8 Å². The number of carboxylic acids is 1. The lowest BCUT2D eigenvalue weighted by Gasteiger charge is -2.20. The standard InChI is InChI=1S/C21H23F2NO2/c1-10-6-11(2)18(12(3)7-10)15-8-14(13-4-5-13)20(22)19(21(15)23)16(24)9-17(25)26/h6-8,13,16H,4-5,9,24H2,1-3H3,(H,25,26). The highest BCUT2D eigenvalue weighted by Gasteiger charge is 2.33. The summed E-state index contributed by atoms with van der Waals surface area (Å²) in [5.74, 6) is -2.57. The fraction of sp³-hybridized carbons (Fsp3) is 0.381. The van der Waals surface area contributed by atoms with E-state index in [0.717, 1.165) is 35.1 Å². The molecule has 1 aliphatic carbocycles. The van der Waals surface area contributed by atoms with Crippen LogP contribution >= 0.6 is 0 Å². The average Bonchev–Trinajstić information content (AvgIpc) is 3.32. The minimum atomic E-state index is -1.23. The molecule has 0 aliphatic heterocycles. The van der Waals surface area contributed by atoms with Gasteiger partial charge in [-0.05, 0) is 67.9 Å². The molecule has 0 amide bonds. The Morgan fingerprint density at radius 3 is 2.23 bits per heavy atom. The minimum absolute atomic E-state index is 0.0520. The summed E-state index contributed by atoms with van der Waals surface area (Å²) in [7, 11) is 0. The van der Waals surface area contributed by atoms with Crippen LogP contribution in [0.5, 0.6) is 0 Å². The van der Waals surface area contributed by atoms with Gasteiger partial charge in [-0.15, -0.1) is 0 Å². The first-order valence-corrected chi connectivity index (χ1v) is 8.78. The normalized spacial score (nSPS) is 15.2. The molecule has 1 saturated carbocycles. The number of aliphatic carboxylic acids is 1. The van der Waals surface area contributed by atoms with E-state index >= 15 is 4.39 Å². The molecule has 0 heterocycles. The zero-order valence-corrected chi connectivity index (χ0v) is 15.2. The van der Waals surface area contributed by atoms with Crippen LogP contribution in [0, 0.1) is 32.4 Å². The molecule has 3 rings (SSSR count). The van der Waals surface area contributed by atoms with Gasteiger partial charge in [-0.3, -0.25) is 4.79 Å². The number of carbonyl (C=O) groups is 1. The molecule has 26 heavy (non-hydrogen) atoms. The third-order valence-electron chi connectivity index (χ3n) is 4.99. The van der Waals surface area contributed by atoms with Crippen molar-refractivity contribution in [1.82, 2.24) is 0 Å². The summed E-state index contributed by atoms with van der Waals surface area (Å²) in [6.07, 6.45) is 1.18. The van der Waals surface area contributed by atoms with Gasteiger partial charge in [0, 0.05) is 17.2 Å². The molecule has 3 N–H and O–H groups in total. The van der Waals surface area contributed by atoms with Gasteiger partial charge in [-0.2, -0.15) is 0 Å². The molecule has 1 unspecified atom stereocenters. The van der Waals surface area contributed by atoms with Gasteiger partial charge in [0.05, 0.1) is 6.42 Å². The van der Waals surface area contributed by atoms with Gasteiger partial charge in [0.15, 0.2) is 0 Å². The fourth-order valence-electron chi connectivity index (χ4n) is 3.77. The van der Waals surface area contributed by atoms with Gasteiger partial charge in [0.25, 0.3) is 0 Å². The van der Waals surface area contributed by atoms with Crippen molar-refractivity contribution in [3.05, 3.63) is 57.7 Å². The molecule has 1 fully saturated rings. The highest BCUT2D eigenvalue weighted by molar-refractivity contribution is 5.74. The molecule has 2 aromatic rings. The SMILES string of the molecule is Cc1cc(C)c(-c2cc(C3CC3)c(F)c(C(N)CC(=O)O)c2F)c(C)c1. The minimum Gasteiger partial charge on any atom is -0.481 e. The van der Waals surface area contributed by atoms with Crippen LogP contribution in [0.1, 0.15) is 59.0 Å². The Hall–Kier alpha value is -2.27. The molecule has 3 nitrogen and oxygen atoms in total. The van der Waals surface area contributed by atoms with E-state index < -0.39 is 30.1 Å². The third-order valence-corrected chi connectivity index (χ3v) is 4.99. The van der Waals surface area contributed by atoms with Gasteiger partial charge in [0.2, 0.25) is 0 Å². The molecule has 0 bridgehead atoms.